The van der Waals surface area contributed by atoms with Gasteiger partial charge in [-0.25, -0.2) is 4.79 Å². The molecule has 0 aliphatic heterocycles. The minimum Gasteiger partial charge on any atom is -0.457 e. The van der Waals surface area contributed by atoms with Crippen molar-refractivity contribution in [2.24, 2.45) is 0 Å². The summed E-state index contributed by atoms with van der Waals surface area (Å²) in [5.41, 5.74) is 0.339. The smallest absolute Gasteiger partial charge is 0.347 e. The van der Waals surface area contributed by atoms with Crippen molar-refractivity contribution in [1.29, 1.82) is 0 Å². The Balaban J connectivity index is 2.54. The van der Waals surface area contributed by atoms with Crippen molar-refractivity contribution >= 4 is 21.9 Å². The topological polar surface area (TPSA) is 63.6 Å². The van der Waals surface area contributed by atoms with Crippen molar-refractivity contribution in [3.05, 3.63) is 46.0 Å². The summed E-state index contributed by atoms with van der Waals surface area (Å²) < 4.78 is 11.0. The van der Waals surface area contributed by atoms with Gasteiger partial charge in [0.15, 0.2) is 5.58 Å². The van der Waals surface area contributed by atoms with Crippen molar-refractivity contribution in [1.82, 2.24) is 0 Å². The maximum Gasteiger partial charge on any atom is 0.347 e. The highest BCUT2D eigenvalue weighted by molar-refractivity contribution is 6.02. The van der Waals surface area contributed by atoms with E-state index in [0.717, 1.165) is 10.9 Å². The zero-order chi connectivity index (χ0) is 13.8. The van der Waals surface area contributed by atoms with Gasteiger partial charge in [-0.15, -0.1) is 0 Å². The molecule has 0 unspecified atom stereocenters. The Hall–Kier alpha value is -2.07. The summed E-state index contributed by atoms with van der Waals surface area (Å²) in [4.78, 5) is 11.9. The van der Waals surface area contributed by atoms with Crippen molar-refractivity contribution in [2.45, 2.75) is 26.4 Å². The largest absolute Gasteiger partial charge is 0.457 e. The van der Waals surface area contributed by atoms with Crippen molar-refractivity contribution in [2.75, 3.05) is 0 Å². The summed E-state index contributed by atoms with van der Waals surface area (Å²) in [5.74, 6) is 0.352. The lowest BCUT2D eigenvalue weighted by molar-refractivity contribution is 0.0560. The monoisotopic (exact) mass is 258 g/mol. The number of rotatable bonds is 1. The van der Waals surface area contributed by atoms with Crippen LogP contribution in [0.1, 0.15) is 25.2 Å². The molecular formula is C15H14O4. The van der Waals surface area contributed by atoms with Gasteiger partial charge in [-0.2, -0.15) is 0 Å². The number of fused-ring (bicyclic) bond motifs is 3. The molecule has 98 valence electrons. The van der Waals surface area contributed by atoms with Gasteiger partial charge in [0.2, 0.25) is 0 Å². The van der Waals surface area contributed by atoms with Gasteiger partial charge in [0.05, 0.1) is 5.39 Å². The molecule has 2 aromatic heterocycles. The van der Waals surface area contributed by atoms with E-state index in [1.165, 1.54) is 0 Å². The van der Waals surface area contributed by atoms with Crippen molar-refractivity contribution < 1.29 is 13.9 Å². The van der Waals surface area contributed by atoms with Crippen molar-refractivity contribution in [3.63, 3.8) is 0 Å². The molecule has 3 aromatic rings. The molecule has 0 saturated heterocycles. The number of aliphatic hydroxyl groups is 1. The quantitative estimate of drug-likeness (QED) is 0.681. The molecule has 0 bridgehead atoms. The first-order chi connectivity index (χ1) is 8.88. The van der Waals surface area contributed by atoms with Crippen LogP contribution in [0.25, 0.3) is 21.9 Å². The molecule has 0 aliphatic carbocycles. The second-order valence-corrected chi connectivity index (χ2v) is 5.25. The highest BCUT2D eigenvalue weighted by atomic mass is 16.4. The minimum atomic E-state index is -1.14. The predicted molar refractivity (Wildman–Crippen MR) is 72.2 cm³/mol. The van der Waals surface area contributed by atoms with E-state index >= 15 is 0 Å². The van der Waals surface area contributed by atoms with Crippen LogP contribution in [0.4, 0.5) is 0 Å². The fourth-order valence-corrected chi connectivity index (χ4v) is 2.20. The Bertz CT molecular complexity index is 831. The second kappa shape index (κ2) is 3.71. The van der Waals surface area contributed by atoms with E-state index in [9.17, 15) is 9.90 Å². The average molecular weight is 258 g/mol. The molecule has 0 saturated carbocycles. The first-order valence-corrected chi connectivity index (χ1v) is 6.07. The van der Waals surface area contributed by atoms with E-state index in [-0.39, 0.29) is 0 Å². The highest BCUT2D eigenvalue weighted by Gasteiger charge is 2.24. The fraction of sp³-hybridized carbons (Fsp3) is 0.267. The lowest BCUT2D eigenvalue weighted by Crippen LogP contribution is -2.13. The molecule has 0 spiro atoms. The zero-order valence-electron chi connectivity index (χ0n) is 11.0. The maximum absolute atomic E-state index is 11.9. The van der Waals surface area contributed by atoms with Crippen LogP contribution in [-0.4, -0.2) is 5.11 Å². The van der Waals surface area contributed by atoms with Crippen LogP contribution in [0.15, 0.2) is 37.9 Å². The molecule has 0 fully saturated rings. The number of aryl methyl sites for hydroxylation is 1. The van der Waals surface area contributed by atoms with Crippen LogP contribution in [0.5, 0.6) is 0 Å². The van der Waals surface area contributed by atoms with Gasteiger partial charge in [-0.1, -0.05) is 12.1 Å². The highest BCUT2D eigenvalue weighted by Crippen LogP contribution is 2.31. The average Bonchev–Trinajstić information content (AvgIpc) is 2.74. The SMILES string of the molecule is Cc1cccc2oc(=O)c3cc(C(C)(C)O)oc3c12. The van der Waals surface area contributed by atoms with Gasteiger partial charge < -0.3 is 13.9 Å². The van der Waals surface area contributed by atoms with E-state index in [1.807, 2.05) is 19.1 Å². The summed E-state index contributed by atoms with van der Waals surface area (Å²) >= 11 is 0. The Morgan fingerprint density at radius 3 is 2.63 bits per heavy atom. The van der Waals surface area contributed by atoms with E-state index in [4.69, 9.17) is 8.83 Å². The maximum atomic E-state index is 11.9. The molecule has 1 N–H and O–H groups in total. The Labute approximate surface area is 109 Å². The number of furan rings is 1. The number of hydrogen-bond donors (Lipinski definition) is 1. The van der Waals surface area contributed by atoms with Crippen molar-refractivity contribution in [3.8, 4) is 0 Å². The normalized spacial score (nSPS) is 12.4. The Morgan fingerprint density at radius 2 is 1.95 bits per heavy atom. The number of benzene rings is 1. The molecule has 1 aromatic carbocycles. The zero-order valence-corrected chi connectivity index (χ0v) is 11.0. The lowest BCUT2D eigenvalue weighted by Gasteiger charge is -2.12. The molecule has 4 nitrogen and oxygen atoms in total. The van der Waals surface area contributed by atoms with Gasteiger partial charge in [-0.05, 0) is 38.5 Å². The van der Waals surface area contributed by atoms with Crippen LogP contribution < -0.4 is 5.63 Å². The molecule has 0 atom stereocenters. The predicted octanol–water partition coefficient (Wildman–Crippen LogP) is 3.08. The Morgan fingerprint density at radius 1 is 1.21 bits per heavy atom. The molecule has 3 rings (SSSR count). The molecular weight excluding hydrogens is 244 g/mol. The van der Waals surface area contributed by atoms with E-state index in [1.54, 1.807) is 26.0 Å². The molecule has 0 radical (unpaired) electrons. The molecule has 4 heteroatoms. The first-order valence-electron chi connectivity index (χ1n) is 6.07. The third-order valence-electron chi connectivity index (χ3n) is 3.22. The van der Waals surface area contributed by atoms with Gasteiger partial charge in [0.25, 0.3) is 0 Å². The third-order valence-corrected chi connectivity index (χ3v) is 3.22. The third kappa shape index (κ3) is 1.76. The Kier molecular flexibility index (Phi) is 2.34. The van der Waals surface area contributed by atoms with Crippen LogP contribution in [0, 0.1) is 6.92 Å². The van der Waals surface area contributed by atoms with E-state index in [0.29, 0.717) is 22.3 Å². The van der Waals surface area contributed by atoms with Crippen LogP contribution in [0.2, 0.25) is 0 Å². The molecule has 0 amide bonds. The summed E-state index contributed by atoms with van der Waals surface area (Å²) in [5, 5.41) is 11.1. The van der Waals surface area contributed by atoms with E-state index < -0.39 is 11.2 Å². The minimum absolute atomic E-state index is 0.352. The van der Waals surface area contributed by atoms with Gasteiger partial charge in [-0.3, -0.25) is 0 Å². The lowest BCUT2D eigenvalue weighted by atomic mass is 10.1. The van der Waals surface area contributed by atoms with Gasteiger partial charge >= 0.3 is 5.63 Å². The molecule has 2 heterocycles. The number of hydrogen-bond acceptors (Lipinski definition) is 4. The fourth-order valence-electron chi connectivity index (χ4n) is 2.20. The first kappa shape index (κ1) is 12.0. The van der Waals surface area contributed by atoms with Crippen LogP contribution in [0.3, 0.4) is 0 Å². The van der Waals surface area contributed by atoms with Crippen LogP contribution >= 0.6 is 0 Å². The summed E-state index contributed by atoms with van der Waals surface area (Å²) in [6.07, 6.45) is 0. The summed E-state index contributed by atoms with van der Waals surface area (Å²) in [7, 11) is 0. The molecule has 0 aliphatic rings. The van der Waals surface area contributed by atoms with Gasteiger partial charge in [0.1, 0.15) is 22.3 Å². The molecule has 19 heavy (non-hydrogen) atoms. The second-order valence-electron chi connectivity index (χ2n) is 5.25. The standard InChI is InChI=1S/C15H14O4/c1-8-5-4-6-10-12(8)13-9(14(16)18-10)7-11(19-13)15(2,3)17/h4-7,17H,1-3H3. The summed E-state index contributed by atoms with van der Waals surface area (Å²) in [6, 6.07) is 7.03. The van der Waals surface area contributed by atoms with Gasteiger partial charge in [0, 0.05) is 0 Å². The van der Waals surface area contributed by atoms with Crippen LogP contribution in [-0.2, 0) is 5.60 Å². The summed E-state index contributed by atoms with van der Waals surface area (Å²) in [6.45, 7) is 5.15. The van der Waals surface area contributed by atoms with E-state index in [2.05, 4.69) is 0 Å².